The van der Waals surface area contributed by atoms with Gasteiger partial charge in [0.05, 0.1) is 0 Å². The number of halogens is 2. The van der Waals surface area contributed by atoms with Crippen molar-refractivity contribution in [3.63, 3.8) is 0 Å². The van der Waals surface area contributed by atoms with Crippen LogP contribution in [0.1, 0.15) is 36.1 Å². The summed E-state index contributed by atoms with van der Waals surface area (Å²) in [7, 11) is 0. The molecule has 0 spiro atoms. The Balaban J connectivity index is 2.01. The van der Waals surface area contributed by atoms with Gasteiger partial charge in [0, 0.05) is 35.2 Å². The van der Waals surface area contributed by atoms with Gasteiger partial charge in [0.2, 0.25) is 5.91 Å². The molecule has 1 amide bonds. The summed E-state index contributed by atoms with van der Waals surface area (Å²) in [6.45, 7) is 0. The van der Waals surface area contributed by atoms with Crippen LogP contribution in [0.15, 0.2) is 41.2 Å². The number of hydrogen-bond acceptors (Lipinski definition) is 3. The van der Waals surface area contributed by atoms with E-state index in [9.17, 15) is 14.4 Å². The minimum absolute atomic E-state index is 0.0135. The Morgan fingerprint density at radius 1 is 1.18 bits per heavy atom. The molecule has 28 heavy (non-hydrogen) atoms. The molecule has 6 nitrogen and oxygen atoms in total. The maximum atomic E-state index is 12.0. The van der Waals surface area contributed by atoms with E-state index in [1.54, 1.807) is 18.2 Å². The highest BCUT2D eigenvalue weighted by Crippen LogP contribution is 2.28. The highest BCUT2D eigenvalue weighted by Gasteiger charge is 2.21. The average molecular weight is 421 g/mol. The van der Waals surface area contributed by atoms with Crippen LogP contribution in [0.5, 0.6) is 0 Å². The van der Waals surface area contributed by atoms with Crippen LogP contribution >= 0.6 is 23.2 Å². The van der Waals surface area contributed by atoms with E-state index in [0.29, 0.717) is 35.6 Å². The lowest BCUT2D eigenvalue weighted by atomic mass is 9.97. The Kier molecular flexibility index (Phi) is 6.21. The number of rotatable bonds is 6. The van der Waals surface area contributed by atoms with Crippen molar-refractivity contribution in [3.8, 4) is 0 Å². The van der Waals surface area contributed by atoms with Crippen LogP contribution in [-0.2, 0) is 16.0 Å². The molecular formula is C20H18Cl2N2O4. The fraction of sp³-hybridized carbons (Fsp3) is 0.250. The number of aromatic amines is 1. The lowest BCUT2D eigenvalue weighted by molar-refractivity contribution is -0.137. The molecule has 0 bridgehead atoms. The van der Waals surface area contributed by atoms with Crippen LogP contribution < -0.4 is 10.9 Å². The van der Waals surface area contributed by atoms with Crippen LogP contribution in [0.25, 0.3) is 5.57 Å². The van der Waals surface area contributed by atoms with Gasteiger partial charge in [0.25, 0.3) is 5.56 Å². The quantitative estimate of drug-likeness (QED) is 0.666. The third-order valence-corrected chi connectivity index (χ3v) is 5.17. The number of amides is 1. The molecule has 1 aromatic heterocycles. The van der Waals surface area contributed by atoms with E-state index in [-0.39, 0.29) is 23.4 Å². The molecule has 146 valence electrons. The van der Waals surface area contributed by atoms with Gasteiger partial charge in [-0.1, -0.05) is 41.4 Å². The van der Waals surface area contributed by atoms with E-state index in [0.717, 1.165) is 11.1 Å². The summed E-state index contributed by atoms with van der Waals surface area (Å²) < 4.78 is 0. The van der Waals surface area contributed by atoms with E-state index in [2.05, 4.69) is 10.3 Å². The van der Waals surface area contributed by atoms with E-state index in [1.807, 2.05) is 12.1 Å². The SMILES string of the molecule is O=C(O)CCc1ccc(/C(=C\[C@H]2CCC(=O)N2)c2ccc(Cl)c(=O)[nH]2)cc1Cl. The van der Waals surface area contributed by atoms with Crippen molar-refractivity contribution in [1.82, 2.24) is 10.3 Å². The third-order valence-electron chi connectivity index (χ3n) is 4.52. The van der Waals surface area contributed by atoms with Crippen LogP contribution in [-0.4, -0.2) is 28.0 Å². The number of carbonyl (C=O) groups is 2. The van der Waals surface area contributed by atoms with Crippen molar-refractivity contribution in [2.24, 2.45) is 0 Å². The van der Waals surface area contributed by atoms with Crippen LogP contribution in [0.2, 0.25) is 10.0 Å². The first-order chi connectivity index (χ1) is 13.3. The maximum Gasteiger partial charge on any atom is 0.303 e. The minimum Gasteiger partial charge on any atom is -0.481 e. The zero-order valence-electron chi connectivity index (χ0n) is 14.8. The normalized spacial score (nSPS) is 16.9. The molecule has 2 aromatic rings. The second-order valence-corrected chi connectivity index (χ2v) is 7.36. The lowest BCUT2D eigenvalue weighted by Gasteiger charge is -2.14. The Hall–Kier alpha value is -2.57. The van der Waals surface area contributed by atoms with E-state index < -0.39 is 11.5 Å². The zero-order valence-corrected chi connectivity index (χ0v) is 16.3. The molecule has 1 aromatic carbocycles. The van der Waals surface area contributed by atoms with Crippen molar-refractivity contribution in [3.05, 3.63) is 73.6 Å². The van der Waals surface area contributed by atoms with Gasteiger partial charge in [-0.3, -0.25) is 14.4 Å². The number of carboxylic acids is 1. The number of aliphatic carboxylic acids is 1. The smallest absolute Gasteiger partial charge is 0.303 e. The summed E-state index contributed by atoms with van der Waals surface area (Å²) in [5.41, 5.74) is 2.30. The second kappa shape index (κ2) is 8.63. The Morgan fingerprint density at radius 3 is 2.57 bits per heavy atom. The number of aryl methyl sites for hydroxylation is 1. The summed E-state index contributed by atoms with van der Waals surface area (Å²) in [6, 6.07) is 8.37. The summed E-state index contributed by atoms with van der Waals surface area (Å²) in [5.74, 6) is -0.913. The fourth-order valence-electron chi connectivity index (χ4n) is 3.08. The number of benzene rings is 1. The average Bonchev–Trinajstić information content (AvgIpc) is 3.06. The molecule has 1 saturated heterocycles. The number of aromatic nitrogens is 1. The van der Waals surface area contributed by atoms with E-state index in [1.165, 1.54) is 6.07 Å². The largest absolute Gasteiger partial charge is 0.481 e. The predicted molar refractivity (Wildman–Crippen MR) is 108 cm³/mol. The van der Waals surface area contributed by atoms with Gasteiger partial charge in [-0.25, -0.2) is 0 Å². The number of hydrogen-bond donors (Lipinski definition) is 3. The zero-order chi connectivity index (χ0) is 20.3. The molecule has 1 aliphatic rings. The first-order valence-corrected chi connectivity index (χ1v) is 9.50. The fourth-order valence-corrected chi connectivity index (χ4v) is 3.46. The van der Waals surface area contributed by atoms with Crippen LogP contribution in [0.4, 0.5) is 0 Å². The highest BCUT2D eigenvalue weighted by atomic mass is 35.5. The first kappa shape index (κ1) is 20.2. The molecule has 0 aliphatic carbocycles. The Bertz CT molecular complexity index is 1010. The van der Waals surface area contributed by atoms with E-state index in [4.69, 9.17) is 28.3 Å². The standard InChI is InChI=1S/C20H18Cl2N2O4/c21-15-5-6-17(24-20(15)28)14(10-13-4-7-18(25)23-13)12-2-1-11(16(22)9-12)3-8-19(26)27/h1-2,5-6,9-10,13H,3-4,7-8H2,(H,23,25)(H,24,28)(H,26,27)/b14-10+/t13-/m1/s1. The molecule has 1 fully saturated rings. The second-order valence-electron chi connectivity index (χ2n) is 6.54. The number of carbonyl (C=O) groups excluding carboxylic acids is 1. The predicted octanol–water partition coefficient (Wildman–Crippen LogP) is 3.41. The molecule has 0 unspecified atom stereocenters. The number of pyridine rings is 1. The Morgan fingerprint density at radius 2 is 1.96 bits per heavy atom. The summed E-state index contributed by atoms with van der Waals surface area (Å²) >= 11 is 12.2. The van der Waals surface area contributed by atoms with Crippen molar-refractivity contribution in [2.75, 3.05) is 0 Å². The maximum absolute atomic E-state index is 12.0. The van der Waals surface area contributed by atoms with Crippen molar-refractivity contribution < 1.29 is 14.7 Å². The highest BCUT2D eigenvalue weighted by molar-refractivity contribution is 6.31. The number of H-pyrrole nitrogens is 1. The summed E-state index contributed by atoms with van der Waals surface area (Å²) in [4.78, 5) is 37.1. The molecule has 1 atom stereocenters. The molecule has 2 heterocycles. The van der Waals surface area contributed by atoms with Gasteiger partial charge in [0.15, 0.2) is 0 Å². The van der Waals surface area contributed by atoms with Crippen molar-refractivity contribution in [1.29, 1.82) is 0 Å². The van der Waals surface area contributed by atoms with Gasteiger partial charge in [-0.15, -0.1) is 0 Å². The summed E-state index contributed by atoms with van der Waals surface area (Å²) in [5, 5.41) is 12.3. The third kappa shape index (κ3) is 4.82. The molecule has 0 radical (unpaired) electrons. The van der Waals surface area contributed by atoms with Gasteiger partial charge in [-0.05, 0) is 42.2 Å². The molecule has 3 N–H and O–H groups in total. The van der Waals surface area contributed by atoms with Gasteiger partial charge in [-0.2, -0.15) is 0 Å². The minimum atomic E-state index is -0.892. The van der Waals surface area contributed by atoms with Crippen molar-refractivity contribution >= 4 is 40.7 Å². The van der Waals surface area contributed by atoms with Gasteiger partial charge >= 0.3 is 5.97 Å². The molecule has 1 aliphatic heterocycles. The molecule has 0 saturated carbocycles. The molecule has 3 rings (SSSR count). The van der Waals surface area contributed by atoms with Crippen LogP contribution in [0.3, 0.4) is 0 Å². The topological polar surface area (TPSA) is 99.3 Å². The van der Waals surface area contributed by atoms with Gasteiger partial charge in [0.1, 0.15) is 5.02 Å². The number of nitrogens with one attached hydrogen (secondary N) is 2. The Labute approximate surface area is 171 Å². The summed E-state index contributed by atoms with van der Waals surface area (Å²) in [6.07, 6.45) is 3.29. The van der Waals surface area contributed by atoms with Crippen LogP contribution in [0, 0.1) is 0 Å². The number of carboxylic acid groups (broad SMARTS) is 1. The van der Waals surface area contributed by atoms with Gasteiger partial charge < -0.3 is 15.4 Å². The lowest BCUT2D eigenvalue weighted by Crippen LogP contribution is -2.23. The molecule has 8 heteroatoms. The van der Waals surface area contributed by atoms with E-state index >= 15 is 0 Å². The monoisotopic (exact) mass is 420 g/mol. The van der Waals surface area contributed by atoms with Crippen molar-refractivity contribution in [2.45, 2.75) is 31.7 Å². The molecular weight excluding hydrogens is 403 g/mol. The first-order valence-electron chi connectivity index (χ1n) is 8.74.